The first-order chi connectivity index (χ1) is 9.00. The topological polar surface area (TPSA) is 97.5 Å². The second-order valence-corrected chi connectivity index (χ2v) is 4.60. The highest BCUT2D eigenvalue weighted by Crippen LogP contribution is 2.22. The molecule has 7 heteroatoms. The molecule has 1 aromatic rings. The molecule has 0 aliphatic heterocycles. The second-order valence-electron chi connectivity index (χ2n) is 4.60. The van der Waals surface area contributed by atoms with Crippen LogP contribution in [-0.2, 0) is 0 Å². The Hall–Kier alpha value is -1.73. The van der Waals surface area contributed by atoms with E-state index in [1.807, 2.05) is 0 Å². The number of aliphatic hydroxyl groups excluding tert-OH is 1. The maximum Gasteiger partial charge on any atom is 0.406 e. The Morgan fingerprint density at radius 2 is 2.26 bits per heavy atom. The molecular weight excluding hydrogens is 250 g/mol. The van der Waals surface area contributed by atoms with Gasteiger partial charge in [-0.05, 0) is 34.5 Å². The first kappa shape index (κ1) is 15.3. The zero-order valence-corrected chi connectivity index (χ0v) is 11.1. The number of hydrogen-bond acceptors (Lipinski definition) is 6. The van der Waals surface area contributed by atoms with Crippen molar-refractivity contribution in [3.05, 3.63) is 28.4 Å². The van der Waals surface area contributed by atoms with Crippen molar-refractivity contribution < 1.29 is 14.8 Å². The summed E-state index contributed by atoms with van der Waals surface area (Å²) in [7, 11) is 0. The molecule has 0 saturated heterocycles. The van der Waals surface area contributed by atoms with Crippen LogP contribution in [0.15, 0.2) is 18.3 Å². The van der Waals surface area contributed by atoms with Crippen LogP contribution in [0.5, 0.6) is 5.75 Å². The van der Waals surface area contributed by atoms with Crippen LogP contribution >= 0.6 is 0 Å². The number of aliphatic hydroxyl groups is 1. The van der Waals surface area contributed by atoms with Crippen molar-refractivity contribution in [1.82, 2.24) is 10.3 Å². The Balaban J connectivity index is 2.42. The van der Waals surface area contributed by atoms with E-state index in [9.17, 15) is 15.2 Å². The minimum Gasteiger partial charge on any atom is -0.483 e. The highest BCUT2D eigenvalue weighted by molar-refractivity contribution is 5.38. The molecule has 7 nitrogen and oxygen atoms in total. The summed E-state index contributed by atoms with van der Waals surface area (Å²) in [6, 6.07) is 3.01. The summed E-state index contributed by atoms with van der Waals surface area (Å²) in [6.45, 7) is 5.29. The molecule has 0 aliphatic rings. The van der Waals surface area contributed by atoms with Crippen LogP contribution in [0.2, 0.25) is 0 Å². The third-order valence-corrected chi connectivity index (χ3v) is 2.29. The monoisotopic (exact) mass is 269 g/mol. The molecule has 106 valence electrons. The number of nitrogens with zero attached hydrogens (tertiary/aromatic N) is 2. The number of pyridine rings is 1. The fourth-order valence-corrected chi connectivity index (χ4v) is 1.42. The number of hydrogen-bond donors (Lipinski definition) is 2. The van der Waals surface area contributed by atoms with Gasteiger partial charge in [-0.15, -0.1) is 0 Å². The molecular formula is C12H19N3O4. The Bertz CT molecular complexity index is 412. The summed E-state index contributed by atoms with van der Waals surface area (Å²) in [6.07, 6.45) is 0.601. The molecule has 0 aromatic carbocycles. The molecule has 0 spiro atoms. The van der Waals surface area contributed by atoms with Crippen molar-refractivity contribution in [3.8, 4) is 5.75 Å². The van der Waals surface area contributed by atoms with Gasteiger partial charge in [0.15, 0.2) is 0 Å². The second kappa shape index (κ2) is 7.65. The Morgan fingerprint density at radius 1 is 1.53 bits per heavy atom. The van der Waals surface area contributed by atoms with Gasteiger partial charge in [-0.1, -0.05) is 13.8 Å². The van der Waals surface area contributed by atoms with Gasteiger partial charge in [0, 0.05) is 6.54 Å². The number of aromatic nitrogens is 1. The summed E-state index contributed by atoms with van der Waals surface area (Å²) in [5, 5.41) is 23.5. The number of rotatable bonds is 8. The largest absolute Gasteiger partial charge is 0.483 e. The van der Waals surface area contributed by atoms with Gasteiger partial charge in [0.05, 0.1) is 0 Å². The van der Waals surface area contributed by atoms with E-state index in [-0.39, 0.29) is 18.2 Å². The van der Waals surface area contributed by atoms with Crippen LogP contribution in [0.3, 0.4) is 0 Å². The fourth-order valence-electron chi connectivity index (χ4n) is 1.42. The zero-order chi connectivity index (χ0) is 14.3. The molecule has 1 aromatic heterocycles. The smallest absolute Gasteiger partial charge is 0.406 e. The van der Waals surface area contributed by atoms with Crippen molar-refractivity contribution in [2.24, 2.45) is 5.92 Å². The van der Waals surface area contributed by atoms with E-state index in [0.29, 0.717) is 12.5 Å². The summed E-state index contributed by atoms with van der Waals surface area (Å²) in [4.78, 5) is 13.7. The van der Waals surface area contributed by atoms with Crippen LogP contribution in [0.1, 0.15) is 13.8 Å². The average molecular weight is 269 g/mol. The highest BCUT2D eigenvalue weighted by atomic mass is 16.6. The van der Waals surface area contributed by atoms with Crippen molar-refractivity contribution in [1.29, 1.82) is 0 Å². The van der Waals surface area contributed by atoms with Crippen molar-refractivity contribution in [3.63, 3.8) is 0 Å². The fraction of sp³-hybridized carbons (Fsp3) is 0.583. The average Bonchev–Trinajstić information content (AvgIpc) is 2.36. The minimum absolute atomic E-state index is 0.0162. The molecule has 1 unspecified atom stereocenters. The predicted molar refractivity (Wildman–Crippen MR) is 70.1 cm³/mol. The maximum absolute atomic E-state index is 10.7. The molecule has 1 rings (SSSR count). The van der Waals surface area contributed by atoms with Crippen LogP contribution in [0.4, 0.5) is 5.82 Å². The van der Waals surface area contributed by atoms with Crippen molar-refractivity contribution in [2.45, 2.75) is 20.0 Å². The SMILES string of the molecule is CC(C)CNCC(O)COc1cccnc1[N+](=O)[O-]. The Labute approximate surface area is 111 Å². The maximum atomic E-state index is 10.7. The normalized spacial score (nSPS) is 12.4. The lowest BCUT2D eigenvalue weighted by Crippen LogP contribution is -2.33. The molecule has 0 fully saturated rings. The zero-order valence-electron chi connectivity index (χ0n) is 11.1. The highest BCUT2D eigenvalue weighted by Gasteiger charge is 2.16. The van der Waals surface area contributed by atoms with E-state index in [1.54, 1.807) is 6.07 Å². The Morgan fingerprint density at radius 3 is 2.89 bits per heavy atom. The van der Waals surface area contributed by atoms with Crippen LogP contribution in [0.25, 0.3) is 0 Å². The molecule has 1 atom stereocenters. The summed E-state index contributed by atoms with van der Waals surface area (Å²) in [5.74, 6) is 0.216. The van der Waals surface area contributed by atoms with Gasteiger partial charge in [-0.25, -0.2) is 0 Å². The lowest BCUT2D eigenvalue weighted by Gasteiger charge is -2.14. The third-order valence-electron chi connectivity index (χ3n) is 2.29. The first-order valence-corrected chi connectivity index (χ1v) is 6.11. The van der Waals surface area contributed by atoms with Gasteiger partial charge in [0.1, 0.15) is 18.9 Å². The molecule has 0 amide bonds. The van der Waals surface area contributed by atoms with Gasteiger partial charge in [0.25, 0.3) is 0 Å². The molecule has 1 heterocycles. The quantitative estimate of drug-likeness (QED) is 0.539. The Kier molecular flexibility index (Phi) is 6.17. The molecule has 0 aliphatic carbocycles. The number of nitrogens with one attached hydrogen (secondary N) is 1. The van der Waals surface area contributed by atoms with Crippen LogP contribution in [0, 0.1) is 16.0 Å². The van der Waals surface area contributed by atoms with E-state index in [0.717, 1.165) is 6.54 Å². The summed E-state index contributed by atoms with van der Waals surface area (Å²) < 4.78 is 5.22. The third kappa shape index (κ3) is 5.62. The lowest BCUT2D eigenvalue weighted by atomic mass is 10.2. The van der Waals surface area contributed by atoms with Crippen molar-refractivity contribution >= 4 is 5.82 Å². The number of nitro groups is 1. The molecule has 0 radical (unpaired) electrons. The first-order valence-electron chi connectivity index (χ1n) is 6.11. The van der Waals surface area contributed by atoms with Crippen LogP contribution < -0.4 is 10.1 Å². The minimum atomic E-state index is -0.724. The summed E-state index contributed by atoms with van der Waals surface area (Å²) in [5.41, 5.74) is 0. The standard InChI is InChI=1S/C12H19N3O4/c1-9(2)6-13-7-10(16)8-19-11-4-3-5-14-12(11)15(17)18/h3-5,9-10,13,16H,6-8H2,1-2H3. The molecule has 19 heavy (non-hydrogen) atoms. The number of ether oxygens (including phenoxy) is 1. The van der Waals surface area contributed by atoms with Crippen molar-refractivity contribution in [2.75, 3.05) is 19.7 Å². The van der Waals surface area contributed by atoms with Crippen LogP contribution in [-0.4, -0.2) is 40.8 Å². The van der Waals surface area contributed by atoms with Gasteiger partial charge in [-0.2, -0.15) is 0 Å². The van der Waals surface area contributed by atoms with Gasteiger partial charge < -0.3 is 25.3 Å². The van der Waals surface area contributed by atoms with Gasteiger partial charge >= 0.3 is 5.82 Å². The van der Waals surface area contributed by atoms with E-state index in [1.165, 1.54) is 12.3 Å². The summed E-state index contributed by atoms with van der Waals surface area (Å²) >= 11 is 0. The van der Waals surface area contributed by atoms with Gasteiger partial charge in [0.2, 0.25) is 5.75 Å². The predicted octanol–water partition coefficient (Wildman–Crippen LogP) is 0.975. The lowest BCUT2D eigenvalue weighted by molar-refractivity contribution is -0.390. The van der Waals surface area contributed by atoms with E-state index in [4.69, 9.17) is 4.74 Å². The van der Waals surface area contributed by atoms with E-state index < -0.39 is 11.0 Å². The van der Waals surface area contributed by atoms with E-state index in [2.05, 4.69) is 24.1 Å². The van der Waals surface area contributed by atoms with E-state index >= 15 is 0 Å². The molecule has 0 bridgehead atoms. The van der Waals surface area contributed by atoms with Gasteiger partial charge in [-0.3, -0.25) is 0 Å². The molecule has 0 saturated carbocycles. The molecule has 2 N–H and O–H groups in total.